The van der Waals surface area contributed by atoms with Crippen LogP contribution in [0.15, 0.2) is 25.0 Å². The number of guanidine groups is 5. The lowest BCUT2D eigenvalue weighted by Gasteiger charge is -2.28. The monoisotopic (exact) mass is 1330 g/mol. The molecule has 528 valence electrons. The van der Waals surface area contributed by atoms with E-state index in [9.17, 15) is 63.0 Å². The van der Waals surface area contributed by atoms with Crippen molar-refractivity contribution in [3.05, 3.63) is 0 Å². The normalized spacial score (nSPS) is 14.0. The zero-order valence-corrected chi connectivity index (χ0v) is 53.1. The molecule has 10 amide bonds. The number of amides is 10. The zero-order chi connectivity index (χ0) is 70.6. The number of carboxylic acid groups (broad SMARTS) is 1. The first-order valence-electron chi connectivity index (χ1n) is 30.4. The Labute approximate surface area is 539 Å². The second kappa shape index (κ2) is 47.3. The third-order valence-corrected chi connectivity index (χ3v) is 13.5. The van der Waals surface area contributed by atoms with Crippen molar-refractivity contribution in [2.75, 3.05) is 45.8 Å². The number of unbranched alkanes of at least 4 members (excludes halogenated alkanes) is 2. The van der Waals surface area contributed by atoms with E-state index in [-0.39, 0.29) is 166 Å². The highest BCUT2D eigenvalue weighted by atomic mass is 16.4. The number of hydrogen-bond acceptors (Lipinski definition) is 19. The molecular formula is C53H103N27O13. The molecule has 0 fully saturated rings. The Hall–Kier alpha value is -9.60. The standard InChI is InChI=1S/C53H103N27O13/c1-28(81)39(40(56)85)80-48(93)36(18-11-27-71-53(65)66)78-43(88)32(13-4-6-22-55)73-42(87)31(12-3-5-21-54)74-44(89)33(15-8-24-68-50(59)60)75-45(90)34(16-9-25-69-51(61)62)76-46(91)35(17-10-26-70-52(63)64)77-47(92)37(19-20-38(83)84)79-41(86)30(72-29(2)82)14-7-23-67-49(57)58/h28,30-37,39,81H,3-27,54-55H2,1-2H3,(H2,56,85)(H,72,82)(H,73,87)(H,74,89)(H,75,90)(H,76,91)(H,77,92)(H,78,88)(H,79,86)(H,80,93)(H,83,84)(H4,57,58,67)(H4,59,60,68)(H4,61,62,69)(H4,63,64,70)(H4,65,66,71)/t28-,30+,31+,32+,33+,34+,35+,36+,37+,39+/m1/s1. The van der Waals surface area contributed by atoms with Gasteiger partial charge in [0.25, 0.3) is 0 Å². The van der Waals surface area contributed by atoms with Crippen molar-refractivity contribution in [2.45, 2.75) is 190 Å². The van der Waals surface area contributed by atoms with Gasteiger partial charge in [0.05, 0.1) is 6.10 Å². The topological polar surface area (TPSA) is 737 Å². The minimum Gasteiger partial charge on any atom is -0.481 e. The second-order valence-electron chi connectivity index (χ2n) is 21.6. The lowest BCUT2D eigenvalue weighted by Crippen LogP contribution is -2.60. The third kappa shape index (κ3) is 39.3. The van der Waals surface area contributed by atoms with Crippen LogP contribution < -0.4 is 122 Å². The van der Waals surface area contributed by atoms with Crippen molar-refractivity contribution in [1.29, 1.82) is 0 Å². The number of aliphatic carboxylic acids is 1. The first-order valence-corrected chi connectivity index (χ1v) is 30.4. The minimum absolute atomic E-state index is 0.0183. The van der Waals surface area contributed by atoms with Crippen molar-refractivity contribution < 1.29 is 63.0 Å². The number of aliphatic imine (C=N–C) groups is 5. The van der Waals surface area contributed by atoms with Gasteiger partial charge >= 0.3 is 5.97 Å². The fourth-order valence-corrected chi connectivity index (χ4v) is 8.76. The molecule has 0 rings (SSSR count). The molecule has 37 N–H and O–H groups in total. The molecule has 0 aliphatic rings. The van der Waals surface area contributed by atoms with Gasteiger partial charge in [-0.15, -0.1) is 0 Å². The van der Waals surface area contributed by atoms with E-state index in [4.69, 9.17) is 74.5 Å². The van der Waals surface area contributed by atoms with Gasteiger partial charge in [-0.25, -0.2) is 0 Å². The van der Waals surface area contributed by atoms with Gasteiger partial charge in [0.1, 0.15) is 54.4 Å². The molecule has 0 saturated heterocycles. The molecule has 0 radical (unpaired) electrons. The van der Waals surface area contributed by atoms with Crippen LogP contribution in [-0.2, 0) is 52.7 Å². The molecule has 40 heteroatoms. The van der Waals surface area contributed by atoms with E-state index >= 15 is 0 Å². The summed E-state index contributed by atoms with van der Waals surface area (Å²) in [6, 6.07) is -13.3. The molecule has 40 nitrogen and oxygen atoms in total. The number of nitrogens with two attached hydrogens (primary N) is 13. The van der Waals surface area contributed by atoms with Crippen LogP contribution >= 0.6 is 0 Å². The predicted octanol–water partition coefficient (Wildman–Crippen LogP) is -10.4. The Morgan fingerprint density at radius 2 is 0.548 bits per heavy atom. The van der Waals surface area contributed by atoms with Crippen LogP contribution in [0.2, 0.25) is 0 Å². The predicted molar refractivity (Wildman–Crippen MR) is 346 cm³/mol. The van der Waals surface area contributed by atoms with E-state index in [2.05, 4.69) is 72.8 Å². The molecule has 0 aromatic heterocycles. The van der Waals surface area contributed by atoms with Gasteiger partial charge in [0.15, 0.2) is 29.8 Å². The number of hydrogen-bond donors (Lipinski definition) is 24. The van der Waals surface area contributed by atoms with Crippen molar-refractivity contribution in [1.82, 2.24) is 47.9 Å². The average molecular weight is 1330 g/mol. The maximum Gasteiger partial charge on any atom is 0.303 e. The molecule has 0 aliphatic carbocycles. The lowest BCUT2D eigenvalue weighted by molar-refractivity contribution is -0.138. The van der Waals surface area contributed by atoms with Crippen molar-refractivity contribution in [2.24, 2.45) is 99.5 Å². The van der Waals surface area contributed by atoms with Crippen LogP contribution in [0.25, 0.3) is 0 Å². The highest BCUT2D eigenvalue weighted by Crippen LogP contribution is 2.12. The van der Waals surface area contributed by atoms with Gasteiger partial charge in [0.2, 0.25) is 59.1 Å². The summed E-state index contributed by atoms with van der Waals surface area (Å²) in [4.78, 5) is 170. The van der Waals surface area contributed by atoms with E-state index in [0.717, 1.165) is 6.92 Å². The Balaban J connectivity index is 7.53. The highest BCUT2D eigenvalue weighted by Gasteiger charge is 2.36. The van der Waals surface area contributed by atoms with Gasteiger partial charge < -0.3 is 133 Å². The minimum atomic E-state index is -1.63. The summed E-state index contributed by atoms with van der Waals surface area (Å²) in [5.74, 6) is -12.0. The van der Waals surface area contributed by atoms with Crippen LogP contribution in [0.4, 0.5) is 0 Å². The fourth-order valence-electron chi connectivity index (χ4n) is 8.76. The van der Waals surface area contributed by atoms with Crippen molar-refractivity contribution in [3.8, 4) is 0 Å². The summed E-state index contributed by atoms with van der Waals surface area (Å²) in [7, 11) is 0. The molecule has 0 spiro atoms. The number of nitrogens with one attached hydrogen (secondary N) is 9. The molecule has 0 heterocycles. The van der Waals surface area contributed by atoms with Gasteiger partial charge in [0, 0.05) is 46.1 Å². The van der Waals surface area contributed by atoms with E-state index < -0.39 is 138 Å². The van der Waals surface area contributed by atoms with Gasteiger partial charge in [-0.05, 0) is 129 Å². The van der Waals surface area contributed by atoms with Crippen LogP contribution in [0.5, 0.6) is 0 Å². The summed E-state index contributed by atoms with van der Waals surface area (Å²) in [6.07, 6.45) is -1.81. The quantitative estimate of drug-likeness (QED) is 0.0153. The molecule has 0 aliphatic heterocycles. The molecule has 0 saturated carbocycles. The van der Waals surface area contributed by atoms with Gasteiger partial charge in [-0.2, -0.15) is 0 Å². The SMILES string of the molecule is CC(=O)N[C@@H](CCCN=C(N)N)C(=O)N[C@@H](CCC(=O)O)C(=O)N[C@@H](CCCN=C(N)N)C(=O)N[C@@H](CCCN=C(N)N)C(=O)N[C@@H](CCCN=C(N)N)C(=O)N[C@@H](CCCCN)C(=O)N[C@@H](CCCCN)C(=O)N[C@@H](CCCN=C(N)N)C(=O)N[C@H](C(N)=O)[C@@H](C)O. The van der Waals surface area contributed by atoms with Crippen LogP contribution in [0.1, 0.15) is 129 Å². The van der Waals surface area contributed by atoms with Gasteiger partial charge in [-0.3, -0.25) is 77.7 Å². The van der Waals surface area contributed by atoms with Crippen LogP contribution in [0.3, 0.4) is 0 Å². The van der Waals surface area contributed by atoms with E-state index in [1.807, 2.05) is 0 Å². The average Bonchev–Trinajstić information content (AvgIpc) is 0.993. The highest BCUT2D eigenvalue weighted by molar-refractivity contribution is 5.98. The van der Waals surface area contributed by atoms with E-state index in [0.29, 0.717) is 12.8 Å². The number of carbonyl (C=O) groups excluding carboxylic acids is 10. The number of nitrogens with zero attached hydrogens (tertiary/aromatic N) is 5. The Morgan fingerprint density at radius 3 is 0.742 bits per heavy atom. The molecule has 0 bridgehead atoms. The number of carbonyl (C=O) groups is 11. The van der Waals surface area contributed by atoms with Crippen LogP contribution in [0, 0.1) is 0 Å². The lowest BCUT2D eigenvalue weighted by atomic mass is 10.0. The largest absolute Gasteiger partial charge is 0.481 e. The number of rotatable bonds is 50. The molecular weight excluding hydrogens is 1220 g/mol. The number of aliphatic hydroxyl groups is 1. The number of carboxylic acids is 1. The maximum atomic E-state index is 14.7. The molecule has 0 aromatic rings. The Kier molecular flexibility index (Phi) is 42.4. The van der Waals surface area contributed by atoms with Crippen LogP contribution in [-0.4, -0.2) is 211 Å². The number of aliphatic hydroxyl groups excluding tert-OH is 1. The first kappa shape index (κ1) is 83.4. The maximum absolute atomic E-state index is 14.7. The van der Waals surface area contributed by atoms with E-state index in [1.54, 1.807) is 0 Å². The Morgan fingerprint density at radius 1 is 0.333 bits per heavy atom. The van der Waals surface area contributed by atoms with Gasteiger partial charge in [-0.1, -0.05) is 0 Å². The summed E-state index contributed by atoms with van der Waals surface area (Å²) in [5, 5.41) is 42.7. The molecule has 10 atom stereocenters. The summed E-state index contributed by atoms with van der Waals surface area (Å²) < 4.78 is 0. The summed E-state index contributed by atoms with van der Waals surface area (Å²) >= 11 is 0. The zero-order valence-electron chi connectivity index (χ0n) is 53.1. The summed E-state index contributed by atoms with van der Waals surface area (Å²) in [5.41, 5.74) is 72.1. The second-order valence-corrected chi connectivity index (χ2v) is 21.6. The molecule has 0 aromatic carbocycles. The fraction of sp³-hybridized carbons (Fsp3) is 0.698. The first-order chi connectivity index (χ1) is 43.8. The molecule has 93 heavy (non-hydrogen) atoms. The smallest absolute Gasteiger partial charge is 0.303 e. The molecule has 0 unspecified atom stereocenters. The van der Waals surface area contributed by atoms with Crippen molar-refractivity contribution in [3.63, 3.8) is 0 Å². The number of primary amides is 1. The van der Waals surface area contributed by atoms with E-state index in [1.165, 1.54) is 6.92 Å². The summed E-state index contributed by atoms with van der Waals surface area (Å²) in [6.45, 7) is 2.62. The van der Waals surface area contributed by atoms with Crippen molar-refractivity contribution >= 4 is 94.8 Å². The Bertz CT molecular complexity index is 2550. The third-order valence-electron chi connectivity index (χ3n) is 13.5.